The van der Waals surface area contributed by atoms with Gasteiger partial charge in [0.15, 0.2) is 0 Å². The van der Waals surface area contributed by atoms with Gasteiger partial charge in [0.05, 0.1) is 74.3 Å². The predicted octanol–water partition coefficient (Wildman–Crippen LogP) is 10.0. The molecule has 0 atom stereocenters. The van der Waals surface area contributed by atoms with Gasteiger partial charge in [0.2, 0.25) is 11.9 Å². The quantitative estimate of drug-likeness (QED) is 0.0747. The van der Waals surface area contributed by atoms with Crippen molar-refractivity contribution < 1.29 is 28.3 Å². The monoisotopic (exact) mass is 1060 g/mol. The average molecular weight is 1060 g/mol. The Bertz CT molecular complexity index is 3210. The van der Waals surface area contributed by atoms with Crippen LogP contribution in [0, 0.1) is 0 Å². The number of nitrogens with two attached hydrogens (primary N) is 2. The first-order valence-corrected chi connectivity index (χ1v) is 25.4. The van der Waals surface area contributed by atoms with Gasteiger partial charge in [-0.05, 0) is 109 Å². The maximum Gasteiger partial charge on any atom is 0.494 e. The third kappa shape index (κ3) is 12.1. The van der Waals surface area contributed by atoms with Gasteiger partial charge in [0.1, 0.15) is 11.5 Å². The van der Waals surface area contributed by atoms with E-state index in [0.717, 1.165) is 141 Å². The minimum atomic E-state index is -0.325. The fourth-order valence-corrected chi connectivity index (χ4v) is 9.13. The van der Waals surface area contributed by atoms with Crippen molar-refractivity contribution in [2.45, 2.75) is 38.9 Å². The van der Waals surface area contributed by atoms with E-state index in [-0.39, 0.29) is 18.3 Å². The SMILES string of the molecule is CC1(C)OB(c2cccc(N)c2)OC1(C)C.COc1cc(N2CCOCC2)ccc1Nc1ncc2cccc(-c3cccc(N)c3)c2n1.COc1cc(N2CCOCC2)ccc1Nc1ncc2cccc(Br)c2n1. The lowest BCUT2D eigenvalue weighted by Gasteiger charge is -2.32. The zero-order valence-corrected chi connectivity index (χ0v) is 44.2. The molecule has 6 N–H and O–H groups in total. The Labute approximate surface area is 441 Å². The number of ether oxygens (including phenoxy) is 4. The van der Waals surface area contributed by atoms with Gasteiger partial charge in [0, 0.05) is 94.3 Å². The van der Waals surface area contributed by atoms with Gasteiger partial charge in [-0.3, -0.25) is 0 Å². The van der Waals surface area contributed by atoms with Crippen LogP contribution in [0.4, 0.5) is 46.0 Å². The van der Waals surface area contributed by atoms with Gasteiger partial charge in [-0.25, -0.2) is 19.9 Å². The van der Waals surface area contributed by atoms with E-state index in [9.17, 15) is 0 Å². The van der Waals surface area contributed by atoms with E-state index in [1.165, 1.54) is 0 Å². The van der Waals surface area contributed by atoms with Crippen molar-refractivity contribution in [3.8, 4) is 22.6 Å². The molecule has 5 heterocycles. The number of aromatic nitrogens is 4. The number of rotatable bonds is 10. The zero-order chi connectivity index (χ0) is 51.8. The molecule has 3 fully saturated rings. The number of nitrogen functional groups attached to an aromatic ring is 2. The van der Waals surface area contributed by atoms with Gasteiger partial charge < -0.3 is 60.2 Å². The number of nitrogens with one attached hydrogen (secondary N) is 2. The molecule has 18 heteroatoms. The number of methoxy groups -OCH3 is 2. The molecule has 74 heavy (non-hydrogen) atoms. The second kappa shape index (κ2) is 22.9. The second-order valence-corrected chi connectivity index (χ2v) is 19.8. The van der Waals surface area contributed by atoms with Gasteiger partial charge >= 0.3 is 7.12 Å². The lowest BCUT2D eigenvalue weighted by atomic mass is 9.79. The van der Waals surface area contributed by atoms with Crippen LogP contribution in [0.15, 0.2) is 138 Å². The first kappa shape index (κ1) is 51.7. The molecule has 0 aliphatic carbocycles. The topological polar surface area (TPSA) is 190 Å². The number of hydrogen-bond donors (Lipinski definition) is 4. The Morgan fingerprint density at radius 2 is 1.07 bits per heavy atom. The van der Waals surface area contributed by atoms with Crippen molar-refractivity contribution >= 4 is 96.3 Å². The lowest BCUT2D eigenvalue weighted by molar-refractivity contribution is 0.00578. The van der Waals surface area contributed by atoms with Crippen LogP contribution in [0.2, 0.25) is 0 Å². The van der Waals surface area contributed by atoms with Crippen molar-refractivity contribution in [2.75, 3.05) is 98.7 Å². The number of anilines is 8. The molecule has 0 saturated carbocycles. The molecule has 0 spiro atoms. The minimum absolute atomic E-state index is 0.303. The molecule has 0 bridgehead atoms. The number of nitrogens with zero attached hydrogens (tertiary/aromatic N) is 6. The molecule has 0 unspecified atom stereocenters. The van der Waals surface area contributed by atoms with Crippen LogP contribution in [0.25, 0.3) is 32.9 Å². The van der Waals surface area contributed by atoms with Crippen molar-refractivity contribution in [3.63, 3.8) is 0 Å². The summed E-state index contributed by atoms with van der Waals surface area (Å²) in [7, 11) is 3.01. The van der Waals surface area contributed by atoms with Crippen molar-refractivity contribution in [1.82, 2.24) is 19.9 Å². The normalized spacial score (nSPS) is 15.9. The summed E-state index contributed by atoms with van der Waals surface area (Å²) in [6, 6.07) is 39.7. The molecular formula is C56H62BBrN10O6. The van der Waals surface area contributed by atoms with Crippen molar-refractivity contribution in [3.05, 3.63) is 138 Å². The van der Waals surface area contributed by atoms with Gasteiger partial charge in [-0.15, -0.1) is 0 Å². The smallest absolute Gasteiger partial charge is 0.494 e. The van der Waals surface area contributed by atoms with E-state index < -0.39 is 0 Å². The highest BCUT2D eigenvalue weighted by Gasteiger charge is 2.51. The van der Waals surface area contributed by atoms with Crippen LogP contribution >= 0.6 is 15.9 Å². The molecule has 8 aromatic rings. The summed E-state index contributed by atoms with van der Waals surface area (Å²) in [4.78, 5) is 22.9. The van der Waals surface area contributed by atoms with Crippen molar-refractivity contribution in [1.29, 1.82) is 0 Å². The number of hydrogen-bond acceptors (Lipinski definition) is 16. The summed E-state index contributed by atoms with van der Waals surface area (Å²) >= 11 is 3.54. The maximum atomic E-state index is 6.00. The summed E-state index contributed by atoms with van der Waals surface area (Å²) in [5.74, 6) is 2.53. The largest absolute Gasteiger partial charge is 0.494 e. The molecule has 2 aromatic heterocycles. The average Bonchev–Trinajstić information content (AvgIpc) is 3.65. The molecule has 0 radical (unpaired) electrons. The zero-order valence-electron chi connectivity index (χ0n) is 42.6. The highest BCUT2D eigenvalue weighted by molar-refractivity contribution is 9.10. The molecule has 3 aliphatic rings. The Balaban J connectivity index is 0.000000144. The van der Waals surface area contributed by atoms with E-state index in [0.29, 0.717) is 11.9 Å². The molecule has 6 aromatic carbocycles. The highest BCUT2D eigenvalue weighted by Crippen LogP contribution is 2.38. The predicted molar refractivity (Wildman–Crippen MR) is 302 cm³/mol. The summed E-state index contributed by atoms with van der Waals surface area (Å²) < 4.78 is 34.9. The maximum absolute atomic E-state index is 6.00. The molecule has 0 amide bonds. The lowest BCUT2D eigenvalue weighted by Crippen LogP contribution is -2.41. The second-order valence-electron chi connectivity index (χ2n) is 18.9. The number of para-hydroxylation sites is 2. The summed E-state index contributed by atoms with van der Waals surface area (Å²) in [5, 5.41) is 8.53. The Hall–Kier alpha value is -7.22. The van der Waals surface area contributed by atoms with E-state index in [1.54, 1.807) is 14.2 Å². The first-order chi connectivity index (χ1) is 35.8. The standard InChI is InChI=1S/C25H25N5O2.C19H19BrN4O2.C12H18BNO2/c1-31-23-15-20(30-10-12-32-13-11-30)8-9-22(23)28-25-27-16-18-5-3-7-21(24(18)29-25)17-4-2-6-19(26)14-17;1-25-17-11-14(24-7-9-26-10-8-24)5-6-16(17)22-19-21-12-13-3-2-4-15(20)18(13)23-19;1-11(2)12(3,4)16-13(15-11)9-6-5-7-10(14)8-9/h2-9,14-16H,10-13,26H2,1H3,(H,27,28,29);2-6,11-12H,7-10H2,1H3,(H,21,22,23);5-8H,14H2,1-4H3. The van der Waals surface area contributed by atoms with Gasteiger partial charge in [-0.1, -0.05) is 54.6 Å². The van der Waals surface area contributed by atoms with Crippen LogP contribution in [0.3, 0.4) is 0 Å². The number of benzene rings is 6. The van der Waals surface area contributed by atoms with Crippen LogP contribution in [-0.4, -0.2) is 105 Å². The summed E-state index contributed by atoms with van der Waals surface area (Å²) in [6.45, 7) is 14.7. The third-order valence-electron chi connectivity index (χ3n) is 13.4. The molecule has 382 valence electrons. The molecular weight excluding hydrogens is 999 g/mol. The Kier molecular flexibility index (Phi) is 16.0. The Morgan fingerprint density at radius 1 is 0.581 bits per heavy atom. The number of fused-ring (bicyclic) bond motifs is 2. The number of morpholine rings is 2. The third-order valence-corrected chi connectivity index (χ3v) is 14.1. The van der Waals surface area contributed by atoms with E-state index >= 15 is 0 Å². The molecule has 11 rings (SSSR count). The van der Waals surface area contributed by atoms with Gasteiger partial charge in [0.25, 0.3) is 0 Å². The summed E-state index contributed by atoms with van der Waals surface area (Å²) in [6.07, 6.45) is 3.64. The Morgan fingerprint density at radius 3 is 1.59 bits per heavy atom. The van der Waals surface area contributed by atoms with E-state index in [4.69, 9.17) is 44.7 Å². The van der Waals surface area contributed by atoms with E-state index in [1.807, 2.05) is 149 Å². The van der Waals surface area contributed by atoms with Crippen LogP contribution in [0.5, 0.6) is 11.5 Å². The van der Waals surface area contributed by atoms with Crippen LogP contribution in [-0.2, 0) is 18.8 Å². The first-order valence-electron chi connectivity index (χ1n) is 24.6. The van der Waals surface area contributed by atoms with Gasteiger partial charge in [-0.2, -0.15) is 0 Å². The van der Waals surface area contributed by atoms with Crippen LogP contribution < -0.4 is 46.8 Å². The molecule has 3 aliphatic heterocycles. The van der Waals surface area contributed by atoms with Crippen LogP contribution in [0.1, 0.15) is 27.7 Å². The molecule has 3 saturated heterocycles. The number of halogens is 1. The molecule has 16 nitrogen and oxygen atoms in total. The van der Waals surface area contributed by atoms with E-state index in [2.05, 4.69) is 63.4 Å². The highest BCUT2D eigenvalue weighted by atomic mass is 79.9. The fraction of sp³-hybridized carbons (Fsp3) is 0.286. The fourth-order valence-electron chi connectivity index (χ4n) is 8.66. The van der Waals surface area contributed by atoms with Crippen molar-refractivity contribution in [2.24, 2.45) is 0 Å². The summed E-state index contributed by atoms with van der Waals surface area (Å²) in [5.41, 5.74) is 21.2. The minimum Gasteiger partial charge on any atom is -0.494 e.